The molecule has 2 nitrogen and oxygen atoms in total. The molecule has 0 spiro atoms. The molecule has 130 valence electrons. The SMILES string of the molecule is CC.CC.CC.CCC.c1ccc(N=Nc2ccccc2)cc1. The highest BCUT2D eigenvalue weighted by Crippen LogP contribution is 2.16. The van der Waals surface area contributed by atoms with Crippen molar-refractivity contribution in [2.24, 2.45) is 10.2 Å². The van der Waals surface area contributed by atoms with Crippen molar-refractivity contribution in [1.29, 1.82) is 0 Å². The molecule has 0 amide bonds. The monoisotopic (exact) mass is 316 g/mol. The average molecular weight is 317 g/mol. The molecule has 0 aromatic heterocycles. The lowest BCUT2D eigenvalue weighted by atomic mass is 10.3. The van der Waals surface area contributed by atoms with E-state index in [1.807, 2.05) is 102 Å². The summed E-state index contributed by atoms with van der Waals surface area (Å²) in [6.45, 7) is 16.2. The average Bonchev–Trinajstić information content (AvgIpc) is 2.67. The molecule has 0 saturated carbocycles. The van der Waals surface area contributed by atoms with E-state index in [1.54, 1.807) is 0 Å². The molecule has 0 radical (unpaired) electrons. The fourth-order valence-corrected chi connectivity index (χ4v) is 1.10. The number of rotatable bonds is 2. The van der Waals surface area contributed by atoms with Gasteiger partial charge in [0, 0.05) is 0 Å². The third-order valence-electron chi connectivity index (χ3n) is 1.79. The molecule has 0 N–H and O–H groups in total. The Kier molecular flexibility index (Phi) is 28.2. The van der Waals surface area contributed by atoms with Crippen LogP contribution in [0.3, 0.4) is 0 Å². The van der Waals surface area contributed by atoms with E-state index < -0.39 is 0 Å². The van der Waals surface area contributed by atoms with Gasteiger partial charge in [-0.25, -0.2) is 0 Å². The van der Waals surface area contributed by atoms with E-state index in [2.05, 4.69) is 24.1 Å². The summed E-state index contributed by atoms with van der Waals surface area (Å²) in [5.41, 5.74) is 1.74. The number of hydrogen-bond donors (Lipinski definition) is 0. The Bertz CT molecular complexity index is 381. The summed E-state index contributed by atoms with van der Waals surface area (Å²) in [6, 6.07) is 19.4. The summed E-state index contributed by atoms with van der Waals surface area (Å²) in [6.07, 6.45) is 1.25. The van der Waals surface area contributed by atoms with Crippen molar-refractivity contribution in [3.63, 3.8) is 0 Å². The van der Waals surface area contributed by atoms with Crippen molar-refractivity contribution in [2.75, 3.05) is 0 Å². The minimum absolute atomic E-state index is 0.872. The molecule has 2 aromatic rings. The molecule has 2 rings (SSSR count). The van der Waals surface area contributed by atoms with E-state index in [0.29, 0.717) is 0 Å². The van der Waals surface area contributed by atoms with Crippen molar-refractivity contribution in [3.05, 3.63) is 60.7 Å². The van der Waals surface area contributed by atoms with Crippen LogP contribution in [0.1, 0.15) is 61.8 Å². The van der Waals surface area contributed by atoms with Crippen LogP contribution in [0.5, 0.6) is 0 Å². The summed E-state index contributed by atoms with van der Waals surface area (Å²) in [5, 5.41) is 8.20. The molecule has 2 aromatic carbocycles. The van der Waals surface area contributed by atoms with Gasteiger partial charge in [0.15, 0.2) is 0 Å². The van der Waals surface area contributed by atoms with Gasteiger partial charge in [-0.15, -0.1) is 0 Å². The van der Waals surface area contributed by atoms with Crippen LogP contribution in [0, 0.1) is 0 Å². The summed E-state index contributed by atoms with van der Waals surface area (Å²) in [4.78, 5) is 0. The highest BCUT2D eigenvalue weighted by Gasteiger charge is 1.86. The molecule has 0 heterocycles. The zero-order valence-corrected chi connectivity index (χ0v) is 16.4. The van der Waals surface area contributed by atoms with E-state index in [-0.39, 0.29) is 0 Å². The second-order valence-electron chi connectivity index (χ2n) is 3.58. The maximum atomic E-state index is 4.10. The van der Waals surface area contributed by atoms with Gasteiger partial charge in [0.05, 0.1) is 11.4 Å². The zero-order valence-electron chi connectivity index (χ0n) is 16.4. The maximum Gasteiger partial charge on any atom is 0.0857 e. The summed E-state index contributed by atoms with van der Waals surface area (Å²) >= 11 is 0. The molecule has 0 atom stereocenters. The molecule has 0 bridgehead atoms. The number of benzene rings is 2. The van der Waals surface area contributed by atoms with Crippen molar-refractivity contribution in [2.45, 2.75) is 61.8 Å². The quantitative estimate of drug-likeness (QED) is 0.495. The molecule has 0 fully saturated rings. The van der Waals surface area contributed by atoms with Crippen LogP contribution in [-0.2, 0) is 0 Å². The van der Waals surface area contributed by atoms with Gasteiger partial charge in [-0.1, -0.05) is 98.2 Å². The maximum absolute atomic E-state index is 4.10. The smallest absolute Gasteiger partial charge is 0.0857 e. The predicted octanol–water partition coefficient (Wildman–Crippen LogP) is 8.60. The number of nitrogens with zero attached hydrogens (tertiary/aromatic N) is 2. The zero-order chi connectivity index (χ0) is 18.3. The van der Waals surface area contributed by atoms with Gasteiger partial charge >= 0.3 is 0 Å². The first kappa shape index (κ1) is 26.0. The summed E-state index contributed by atoms with van der Waals surface area (Å²) in [5.74, 6) is 0. The van der Waals surface area contributed by atoms with Crippen LogP contribution in [0.25, 0.3) is 0 Å². The van der Waals surface area contributed by atoms with E-state index in [1.165, 1.54) is 6.42 Å². The molecule has 0 aliphatic heterocycles. The molecular weight excluding hydrogens is 280 g/mol. The van der Waals surface area contributed by atoms with E-state index in [0.717, 1.165) is 11.4 Å². The van der Waals surface area contributed by atoms with Crippen LogP contribution in [0.4, 0.5) is 11.4 Å². The largest absolute Gasteiger partial charge is 0.151 e. The first-order valence-corrected chi connectivity index (χ1v) is 8.88. The number of hydrogen-bond acceptors (Lipinski definition) is 2. The minimum atomic E-state index is 0.872. The van der Waals surface area contributed by atoms with Gasteiger partial charge in [-0.2, -0.15) is 10.2 Å². The highest BCUT2D eigenvalue weighted by atomic mass is 15.1. The van der Waals surface area contributed by atoms with Gasteiger partial charge in [0.2, 0.25) is 0 Å². The first-order chi connectivity index (χ1) is 11.4. The second kappa shape index (κ2) is 25.0. The first-order valence-electron chi connectivity index (χ1n) is 8.88. The fraction of sp³-hybridized carbons (Fsp3) is 0.429. The van der Waals surface area contributed by atoms with Gasteiger partial charge in [-0.3, -0.25) is 0 Å². The van der Waals surface area contributed by atoms with Crippen molar-refractivity contribution in [1.82, 2.24) is 0 Å². The fourth-order valence-electron chi connectivity index (χ4n) is 1.10. The molecule has 0 aliphatic carbocycles. The van der Waals surface area contributed by atoms with E-state index in [9.17, 15) is 0 Å². The normalized spacial score (nSPS) is 8.00. The molecule has 23 heavy (non-hydrogen) atoms. The van der Waals surface area contributed by atoms with Crippen LogP contribution < -0.4 is 0 Å². The lowest BCUT2D eigenvalue weighted by Crippen LogP contribution is -1.62. The van der Waals surface area contributed by atoms with Crippen LogP contribution in [0.2, 0.25) is 0 Å². The second-order valence-corrected chi connectivity index (χ2v) is 3.58. The standard InChI is InChI=1S/C12H10N2.C3H8.3C2H6/c1-3-7-11(8-4-1)13-14-12-9-5-2-6-10-12;1-3-2;3*1-2/h1-10H;3H2,1-2H3;3*1-2H3. The lowest BCUT2D eigenvalue weighted by Gasteiger charge is -1.91. The van der Waals surface area contributed by atoms with E-state index >= 15 is 0 Å². The topological polar surface area (TPSA) is 24.7 Å². The Morgan fingerprint density at radius 3 is 0.957 bits per heavy atom. The number of azo groups is 1. The van der Waals surface area contributed by atoms with Gasteiger partial charge in [0.1, 0.15) is 0 Å². The van der Waals surface area contributed by atoms with Crippen molar-refractivity contribution < 1.29 is 0 Å². The molecule has 0 unspecified atom stereocenters. The van der Waals surface area contributed by atoms with Crippen molar-refractivity contribution in [3.8, 4) is 0 Å². The Labute approximate surface area is 144 Å². The van der Waals surface area contributed by atoms with Crippen LogP contribution in [0.15, 0.2) is 70.9 Å². The molecular formula is C21H36N2. The third kappa shape index (κ3) is 18.0. The van der Waals surface area contributed by atoms with Gasteiger partial charge < -0.3 is 0 Å². The Morgan fingerprint density at radius 2 is 0.739 bits per heavy atom. The van der Waals surface area contributed by atoms with Crippen LogP contribution in [-0.4, -0.2) is 0 Å². The third-order valence-corrected chi connectivity index (χ3v) is 1.79. The van der Waals surface area contributed by atoms with Gasteiger partial charge in [0.25, 0.3) is 0 Å². The minimum Gasteiger partial charge on any atom is -0.151 e. The lowest BCUT2D eigenvalue weighted by molar-refractivity contribution is 1.09. The van der Waals surface area contributed by atoms with E-state index in [4.69, 9.17) is 0 Å². The Morgan fingerprint density at radius 1 is 0.522 bits per heavy atom. The Hall–Kier alpha value is -1.96. The highest BCUT2D eigenvalue weighted by molar-refractivity contribution is 5.39. The molecule has 0 aliphatic rings. The van der Waals surface area contributed by atoms with Gasteiger partial charge in [-0.05, 0) is 24.3 Å². The Balaban J connectivity index is -0.000000382. The molecule has 0 saturated heterocycles. The summed E-state index contributed by atoms with van der Waals surface area (Å²) in [7, 11) is 0. The molecule has 2 heteroatoms. The predicted molar refractivity (Wildman–Crippen MR) is 107 cm³/mol. The van der Waals surface area contributed by atoms with Crippen LogP contribution >= 0.6 is 0 Å². The van der Waals surface area contributed by atoms with Crippen molar-refractivity contribution >= 4 is 11.4 Å². The summed E-state index contributed by atoms with van der Waals surface area (Å²) < 4.78 is 0.